The van der Waals surface area contributed by atoms with Crippen molar-refractivity contribution < 1.29 is 15.0 Å². The van der Waals surface area contributed by atoms with Crippen LogP contribution >= 0.6 is 0 Å². The maximum atomic E-state index is 10.3. The predicted molar refractivity (Wildman–Crippen MR) is 99.1 cm³/mol. The van der Waals surface area contributed by atoms with Crippen molar-refractivity contribution >= 4 is 12.3 Å². The molecule has 142 valence electrons. The second-order valence-corrected chi connectivity index (χ2v) is 6.79. The Kier molecular flexibility index (Phi) is 7.11. The van der Waals surface area contributed by atoms with E-state index in [0.717, 1.165) is 36.7 Å². The summed E-state index contributed by atoms with van der Waals surface area (Å²) in [5, 5.41) is 24.5. The normalized spacial score (nSPS) is 19.7. The molecule has 3 heterocycles. The minimum atomic E-state index is -0.291. The van der Waals surface area contributed by atoms with E-state index in [2.05, 4.69) is 32.2 Å². The number of H-pyrrole nitrogens is 1. The van der Waals surface area contributed by atoms with Gasteiger partial charge in [-0.05, 0) is 31.0 Å². The summed E-state index contributed by atoms with van der Waals surface area (Å²) in [6, 6.07) is 6.20. The number of aryl methyl sites for hydroxylation is 1. The van der Waals surface area contributed by atoms with Gasteiger partial charge in [0.25, 0.3) is 6.47 Å². The monoisotopic (exact) mass is 361 g/mol. The molecule has 0 aliphatic carbocycles. The van der Waals surface area contributed by atoms with Crippen LogP contribution in [0.3, 0.4) is 0 Å². The molecule has 0 spiro atoms. The molecular weight excluding hydrogens is 334 g/mol. The third-order valence-electron chi connectivity index (χ3n) is 4.39. The summed E-state index contributed by atoms with van der Waals surface area (Å²) in [4.78, 5) is 17.1. The molecule has 0 radical (unpaired) electrons. The highest BCUT2D eigenvalue weighted by molar-refractivity contribution is 5.37. The molecule has 1 saturated heterocycles. The molecule has 1 aliphatic rings. The van der Waals surface area contributed by atoms with Crippen LogP contribution in [0.4, 0.5) is 5.82 Å². The fourth-order valence-corrected chi connectivity index (χ4v) is 3.15. The lowest BCUT2D eigenvalue weighted by molar-refractivity contribution is -0.122. The van der Waals surface area contributed by atoms with Crippen LogP contribution in [0.1, 0.15) is 17.0 Å². The minimum Gasteiger partial charge on any atom is -0.483 e. The Morgan fingerprint density at radius 2 is 2.12 bits per heavy atom. The van der Waals surface area contributed by atoms with Gasteiger partial charge in [-0.3, -0.25) is 14.8 Å². The highest BCUT2D eigenvalue weighted by Gasteiger charge is 2.31. The van der Waals surface area contributed by atoms with Gasteiger partial charge in [0.05, 0.1) is 11.8 Å². The molecule has 2 atom stereocenters. The maximum Gasteiger partial charge on any atom is 0.290 e. The van der Waals surface area contributed by atoms with Gasteiger partial charge in [0.1, 0.15) is 5.82 Å². The van der Waals surface area contributed by atoms with E-state index in [9.17, 15) is 5.11 Å². The zero-order chi connectivity index (χ0) is 19.1. The number of carboxylic acid groups (broad SMARTS) is 1. The summed E-state index contributed by atoms with van der Waals surface area (Å²) in [5.41, 5.74) is 3.28. The number of rotatable bonds is 5. The Morgan fingerprint density at radius 1 is 1.38 bits per heavy atom. The fraction of sp³-hybridized carbons (Fsp3) is 0.500. The number of aliphatic hydroxyl groups is 1. The first kappa shape index (κ1) is 19.9. The summed E-state index contributed by atoms with van der Waals surface area (Å²) in [7, 11) is 3.97. The fourth-order valence-electron chi connectivity index (χ4n) is 3.15. The molecule has 1 fully saturated rings. The zero-order valence-corrected chi connectivity index (χ0v) is 15.5. The number of aliphatic hydroxyl groups excluding tert-OH is 1. The average molecular weight is 361 g/mol. The largest absolute Gasteiger partial charge is 0.483 e. The van der Waals surface area contributed by atoms with E-state index in [-0.39, 0.29) is 18.5 Å². The molecule has 8 nitrogen and oxygen atoms in total. The van der Waals surface area contributed by atoms with E-state index in [4.69, 9.17) is 9.90 Å². The van der Waals surface area contributed by atoms with E-state index < -0.39 is 0 Å². The molecular formula is C18H27N5O3. The van der Waals surface area contributed by atoms with Crippen molar-refractivity contribution in [3.63, 3.8) is 0 Å². The van der Waals surface area contributed by atoms with E-state index in [0.29, 0.717) is 6.54 Å². The number of β-amino-alcohol motifs (C(OH)–C–C–N with tert-alkyl or cyclic N) is 1. The number of nitrogens with zero attached hydrogens (tertiary/aromatic N) is 4. The van der Waals surface area contributed by atoms with Crippen molar-refractivity contribution in [1.82, 2.24) is 20.1 Å². The number of aromatic nitrogens is 3. The number of aromatic amines is 1. The second-order valence-electron chi connectivity index (χ2n) is 6.79. The molecule has 26 heavy (non-hydrogen) atoms. The van der Waals surface area contributed by atoms with Gasteiger partial charge in [-0.15, -0.1) is 0 Å². The lowest BCUT2D eigenvalue weighted by Gasteiger charge is -2.16. The van der Waals surface area contributed by atoms with Crippen LogP contribution in [0.2, 0.25) is 0 Å². The number of anilines is 1. The van der Waals surface area contributed by atoms with Gasteiger partial charge in [-0.25, -0.2) is 4.98 Å². The summed E-state index contributed by atoms with van der Waals surface area (Å²) in [6.07, 6.45) is 2.45. The van der Waals surface area contributed by atoms with Crippen molar-refractivity contribution in [2.24, 2.45) is 5.92 Å². The molecule has 8 heteroatoms. The first-order valence-electron chi connectivity index (χ1n) is 8.54. The molecule has 1 aliphatic heterocycles. The van der Waals surface area contributed by atoms with Crippen LogP contribution in [0.15, 0.2) is 24.4 Å². The molecule has 0 saturated carbocycles. The molecule has 0 bridgehead atoms. The zero-order valence-electron chi connectivity index (χ0n) is 15.5. The highest BCUT2D eigenvalue weighted by atomic mass is 16.3. The van der Waals surface area contributed by atoms with Gasteiger partial charge < -0.3 is 15.1 Å². The van der Waals surface area contributed by atoms with E-state index in [1.54, 1.807) is 0 Å². The van der Waals surface area contributed by atoms with Gasteiger partial charge in [0, 0.05) is 51.5 Å². The molecule has 2 aromatic rings. The van der Waals surface area contributed by atoms with Crippen LogP contribution in [0.25, 0.3) is 0 Å². The van der Waals surface area contributed by atoms with Gasteiger partial charge in [-0.2, -0.15) is 5.10 Å². The van der Waals surface area contributed by atoms with Crippen LogP contribution in [0.5, 0.6) is 0 Å². The lowest BCUT2D eigenvalue weighted by atomic mass is 10.0. The Morgan fingerprint density at radius 3 is 2.65 bits per heavy atom. The second kappa shape index (κ2) is 9.30. The smallest absolute Gasteiger partial charge is 0.290 e. The van der Waals surface area contributed by atoms with Crippen LogP contribution < -0.4 is 4.90 Å². The lowest BCUT2D eigenvalue weighted by Crippen LogP contribution is -2.21. The first-order chi connectivity index (χ1) is 12.4. The summed E-state index contributed by atoms with van der Waals surface area (Å²) < 4.78 is 0. The van der Waals surface area contributed by atoms with E-state index in [1.807, 2.05) is 38.2 Å². The minimum absolute atomic E-state index is 0.242. The molecule has 0 unspecified atom stereocenters. The molecule has 3 rings (SSSR count). The third kappa shape index (κ3) is 5.53. The third-order valence-corrected chi connectivity index (χ3v) is 4.39. The number of hydrogen-bond donors (Lipinski definition) is 3. The molecule has 3 N–H and O–H groups in total. The number of nitrogens with one attached hydrogen (secondary N) is 1. The van der Waals surface area contributed by atoms with Crippen molar-refractivity contribution in [3.8, 4) is 0 Å². The van der Waals surface area contributed by atoms with Gasteiger partial charge >= 0.3 is 0 Å². The average Bonchev–Trinajstić information content (AvgIpc) is 3.15. The first-order valence-corrected chi connectivity index (χ1v) is 8.54. The number of likely N-dealkylation sites (tertiary alicyclic amines) is 1. The van der Waals surface area contributed by atoms with Crippen LogP contribution in [0, 0.1) is 12.8 Å². The van der Waals surface area contributed by atoms with Gasteiger partial charge in [0.2, 0.25) is 0 Å². The van der Waals surface area contributed by atoms with E-state index in [1.165, 1.54) is 5.56 Å². The van der Waals surface area contributed by atoms with Crippen molar-refractivity contribution in [2.45, 2.75) is 26.0 Å². The number of carbonyl (C=O) groups is 1. The summed E-state index contributed by atoms with van der Waals surface area (Å²) >= 11 is 0. The number of pyridine rings is 1. The van der Waals surface area contributed by atoms with E-state index >= 15 is 0 Å². The summed E-state index contributed by atoms with van der Waals surface area (Å²) in [6.45, 7) is 4.18. The van der Waals surface area contributed by atoms with Crippen molar-refractivity contribution in [1.29, 1.82) is 0 Å². The Bertz CT molecular complexity index is 686. The molecule has 0 amide bonds. The predicted octanol–water partition coefficient (Wildman–Crippen LogP) is 0.915. The topological polar surface area (TPSA) is 106 Å². The Hall–Kier alpha value is -2.45. The summed E-state index contributed by atoms with van der Waals surface area (Å²) in [5.74, 6) is 1.20. The van der Waals surface area contributed by atoms with Gasteiger partial charge in [-0.1, -0.05) is 6.07 Å². The SMILES string of the molecule is Cc1cc(C[C@@H]2CN(Cc3ccc(N(C)C)nc3)C[C@H]2O)n[nH]1.O=CO. The van der Waals surface area contributed by atoms with Crippen molar-refractivity contribution in [2.75, 3.05) is 32.1 Å². The molecule has 2 aromatic heterocycles. The molecule has 0 aromatic carbocycles. The van der Waals surface area contributed by atoms with Crippen LogP contribution in [-0.4, -0.2) is 70.1 Å². The highest BCUT2D eigenvalue weighted by Crippen LogP contribution is 2.23. The van der Waals surface area contributed by atoms with Crippen LogP contribution in [-0.2, 0) is 17.8 Å². The van der Waals surface area contributed by atoms with Gasteiger partial charge in [0.15, 0.2) is 0 Å². The number of hydrogen-bond acceptors (Lipinski definition) is 6. The standard InChI is InChI=1S/C17H25N5O.CH2O2/c1-12-6-15(20-19-12)7-14-10-22(11-16(14)23)9-13-4-5-17(18-8-13)21(2)3;2-1-3/h4-6,8,14,16,23H,7,9-11H2,1-3H3,(H,19,20);1H,(H,2,3)/t14-,16-;/m1./s1. The Balaban J connectivity index is 0.000000758. The quantitative estimate of drug-likeness (QED) is 0.680. The maximum absolute atomic E-state index is 10.3. The Labute approximate surface area is 153 Å². The van der Waals surface area contributed by atoms with Crippen molar-refractivity contribution in [3.05, 3.63) is 41.3 Å².